The minimum atomic E-state index is -0.282. The summed E-state index contributed by atoms with van der Waals surface area (Å²) in [5, 5.41) is 4.41. The number of hydrogen-bond acceptors (Lipinski definition) is 4. The highest BCUT2D eigenvalue weighted by atomic mass is 16.5. The summed E-state index contributed by atoms with van der Waals surface area (Å²) < 4.78 is 6.29. The van der Waals surface area contributed by atoms with E-state index < -0.39 is 0 Å². The molecule has 1 heterocycles. The highest BCUT2D eigenvalue weighted by molar-refractivity contribution is 6.08. The number of carbonyl (C=O) groups excluding carboxylic acids is 1. The van der Waals surface area contributed by atoms with Gasteiger partial charge in [-0.05, 0) is 25.0 Å². The summed E-state index contributed by atoms with van der Waals surface area (Å²) in [4.78, 5) is 24.6. The number of hydrogen-bond donors (Lipinski definition) is 0. The topological polar surface area (TPSA) is 61.2 Å². The average Bonchev–Trinajstić information content (AvgIpc) is 2.69. The molecule has 0 radical (unpaired) electrons. The van der Waals surface area contributed by atoms with Crippen molar-refractivity contribution in [3.05, 3.63) is 82.2 Å². The molecule has 0 fully saturated rings. The largest absolute Gasteiger partial charge is 0.362 e. The third kappa shape index (κ3) is 4.13. The smallest absolute Gasteiger partial charge is 0.269 e. The van der Waals surface area contributed by atoms with Gasteiger partial charge in [-0.1, -0.05) is 48.6 Å². The Labute approximate surface area is 151 Å². The molecule has 0 spiro atoms. The summed E-state index contributed by atoms with van der Waals surface area (Å²) in [6, 6.07) is 11.0. The van der Waals surface area contributed by atoms with E-state index in [4.69, 9.17) is 4.74 Å². The Balaban J connectivity index is 2.00. The van der Waals surface area contributed by atoms with Crippen molar-refractivity contribution in [3.8, 4) is 11.3 Å². The first-order valence-corrected chi connectivity index (χ1v) is 8.44. The van der Waals surface area contributed by atoms with E-state index >= 15 is 0 Å². The molecule has 0 saturated heterocycles. The normalized spacial score (nSPS) is 13.8. The van der Waals surface area contributed by atoms with Crippen LogP contribution in [0.3, 0.4) is 0 Å². The van der Waals surface area contributed by atoms with Crippen LogP contribution in [0.5, 0.6) is 0 Å². The van der Waals surface area contributed by atoms with Crippen molar-refractivity contribution in [2.45, 2.75) is 19.6 Å². The molecule has 0 atom stereocenters. The van der Waals surface area contributed by atoms with E-state index in [0.29, 0.717) is 16.8 Å². The van der Waals surface area contributed by atoms with E-state index in [0.717, 1.165) is 18.4 Å². The van der Waals surface area contributed by atoms with Crippen molar-refractivity contribution in [2.24, 2.45) is 0 Å². The number of ketones is 1. The molecule has 2 aromatic rings. The molecule has 26 heavy (non-hydrogen) atoms. The number of nitrogens with zero attached hydrogens (tertiary/aromatic N) is 2. The number of ether oxygens (including phenoxy) is 1. The van der Waals surface area contributed by atoms with Gasteiger partial charge in [0.25, 0.3) is 5.56 Å². The van der Waals surface area contributed by atoms with Gasteiger partial charge in [0.2, 0.25) is 0 Å². The third-order valence-corrected chi connectivity index (χ3v) is 4.02. The van der Waals surface area contributed by atoms with Crippen LogP contribution < -0.4 is 5.56 Å². The molecule has 0 N–H and O–H groups in total. The molecule has 0 unspecified atom stereocenters. The fourth-order valence-corrected chi connectivity index (χ4v) is 2.72. The Bertz CT molecular complexity index is 937. The number of allylic oxidation sites excluding steroid dienone is 5. The van der Waals surface area contributed by atoms with Gasteiger partial charge in [0, 0.05) is 29.9 Å². The van der Waals surface area contributed by atoms with Gasteiger partial charge in [-0.25, -0.2) is 4.68 Å². The molecule has 0 aliphatic heterocycles. The van der Waals surface area contributed by atoms with Gasteiger partial charge in [0.05, 0.1) is 5.69 Å². The van der Waals surface area contributed by atoms with E-state index in [-0.39, 0.29) is 18.1 Å². The standard InChI is InChI=1S/C21H20N2O3/c1-26-15-23-20(25)14-18(21(22-23)17-10-6-3-7-11-17)12-13-19(24)16-8-4-2-5-9-16/h3-4,6-14H,2,5,15H2,1H3/b13-12+. The summed E-state index contributed by atoms with van der Waals surface area (Å²) in [5.74, 6) is -0.0824. The maximum Gasteiger partial charge on any atom is 0.269 e. The average molecular weight is 348 g/mol. The molecule has 0 amide bonds. The van der Waals surface area contributed by atoms with Crippen molar-refractivity contribution in [1.82, 2.24) is 9.78 Å². The SMILES string of the molecule is COCn1nc(-c2ccccc2)c(/C=C/C(=O)C2=CCCC=C2)cc1=O. The highest BCUT2D eigenvalue weighted by Gasteiger charge is 2.10. The zero-order valence-corrected chi connectivity index (χ0v) is 14.6. The van der Waals surface area contributed by atoms with Crippen molar-refractivity contribution >= 4 is 11.9 Å². The summed E-state index contributed by atoms with van der Waals surface area (Å²) >= 11 is 0. The van der Waals surface area contributed by atoms with Crippen LogP contribution in [0.4, 0.5) is 0 Å². The molecule has 1 aromatic heterocycles. The molecule has 5 nitrogen and oxygen atoms in total. The molecule has 1 aliphatic rings. The Hall–Kier alpha value is -3.05. The second-order valence-electron chi connectivity index (χ2n) is 5.91. The summed E-state index contributed by atoms with van der Waals surface area (Å²) in [6.45, 7) is 0.0687. The lowest BCUT2D eigenvalue weighted by molar-refractivity contribution is -0.111. The van der Waals surface area contributed by atoms with Crippen molar-refractivity contribution in [3.63, 3.8) is 0 Å². The lowest BCUT2D eigenvalue weighted by Gasteiger charge is -2.09. The first-order valence-electron chi connectivity index (χ1n) is 8.44. The quantitative estimate of drug-likeness (QED) is 0.751. The second kappa shape index (κ2) is 8.36. The van der Waals surface area contributed by atoms with Crippen LogP contribution in [0.1, 0.15) is 18.4 Å². The van der Waals surface area contributed by atoms with E-state index in [1.807, 2.05) is 48.6 Å². The maximum atomic E-state index is 12.3. The summed E-state index contributed by atoms with van der Waals surface area (Å²) in [6.07, 6.45) is 10.7. The monoisotopic (exact) mass is 348 g/mol. The van der Waals surface area contributed by atoms with Crippen LogP contribution in [-0.4, -0.2) is 22.7 Å². The number of rotatable bonds is 6. The van der Waals surface area contributed by atoms with E-state index in [1.165, 1.54) is 23.9 Å². The van der Waals surface area contributed by atoms with E-state index in [1.54, 1.807) is 6.08 Å². The van der Waals surface area contributed by atoms with Crippen LogP contribution in [0.15, 0.2) is 71.1 Å². The minimum Gasteiger partial charge on any atom is -0.362 e. The fourth-order valence-electron chi connectivity index (χ4n) is 2.72. The lowest BCUT2D eigenvalue weighted by Crippen LogP contribution is -2.24. The fraction of sp³-hybridized carbons (Fsp3) is 0.190. The second-order valence-corrected chi connectivity index (χ2v) is 5.91. The lowest BCUT2D eigenvalue weighted by atomic mass is 10.0. The van der Waals surface area contributed by atoms with Gasteiger partial charge in [-0.2, -0.15) is 5.10 Å². The Morgan fingerprint density at radius 2 is 2.08 bits per heavy atom. The summed E-state index contributed by atoms with van der Waals surface area (Å²) in [5.41, 5.74) is 2.48. The Morgan fingerprint density at radius 3 is 2.77 bits per heavy atom. The van der Waals surface area contributed by atoms with Gasteiger partial charge in [0.1, 0.15) is 6.73 Å². The van der Waals surface area contributed by atoms with Crippen LogP contribution in [0.2, 0.25) is 0 Å². The van der Waals surface area contributed by atoms with Crippen molar-refractivity contribution < 1.29 is 9.53 Å². The molecule has 1 aromatic carbocycles. The molecule has 3 rings (SSSR count). The number of carbonyl (C=O) groups is 1. The van der Waals surface area contributed by atoms with Crippen LogP contribution in [0, 0.1) is 0 Å². The van der Waals surface area contributed by atoms with Gasteiger partial charge in [-0.15, -0.1) is 0 Å². The Kier molecular flexibility index (Phi) is 5.71. The first-order chi connectivity index (χ1) is 12.7. The van der Waals surface area contributed by atoms with Crippen LogP contribution >= 0.6 is 0 Å². The zero-order valence-electron chi connectivity index (χ0n) is 14.6. The molecule has 5 heteroatoms. The minimum absolute atomic E-state index is 0.0687. The molecule has 0 saturated carbocycles. The van der Waals surface area contributed by atoms with Crippen LogP contribution in [-0.2, 0) is 16.3 Å². The molecule has 132 valence electrons. The van der Waals surface area contributed by atoms with Crippen molar-refractivity contribution in [1.29, 1.82) is 0 Å². The molecule has 1 aliphatic carbocycles. The number of aromatic nitrogens is 2. The molecular formula is C21H20N2O3. The van der Waals surface area contributed by atoms with E-state index in [2.05, 4.69) is 5.10 Å². The molecular weight excluding hydrogens is 328 g/mol. The summed E-state index contributed by atoms with van der Waals surface area (Å²) in [7, 11) is 1.51. The van der Waals surface area contributed by atoms with Crippen molar-refractivity contribution in [2.75, 3.05) is 7.11 Å². The zero-order chi connectivity index (χ0) is 18.4. The van der Waals surface area contributed by atoms with Crippen LogP contribution in [0.25, 0.3) is 17.3 Å². The van der Waals surface area contributed by atoms with Gasteiger partial charge in [-0.3, -0.25) is 9.59 Å². The highest BCUT2D eigenvalue weighted by Crippen LogP contribution is 2.21. The van der Waals surface area contributed by atoms with E-state index in [9.17, 15) is 9.59 Å². The van der Waals surface area contributed by atoms with Gasteiger partial charge in [0.15, 0.2) is 5.78 Å². The predicted octanol–water partition coefficient (Wildman–Crippen LogP) is 3.37. The molecule has 0 bridgehead atoms. The predicted molar refractivity (Wildman–Crippen MR) is 101 cm³/mol. The Morgan fingerprint density at radius 1 is 1.27 bits per heavy atom. The van der Waals surface area contributed by atoms with Gasteiger partial charge >= 0.3 is 0 Å². The maximum absolute atomic E-state index is 12.3. The third-order valence-electron chi connectivity index (χ3n) is 4.02. The first kappa shape index (κ1) is 17.8. The number of benzene rings is 1. The van der Waals surface area contributed by atoms with Gasteiger partial charge < -0.3 is 4.74 Å². The number of methoxy groups -OCH3 is 1.